The number of carbonyl (C=O) groups excluding carboxylic acids is 5. The van der Waals surface area contributed by atoms with Crippen LogP contribution in [0, 0.1) is 17.2 Å². The van der Waals surface area contributed by atoms with Gasteiger partial charge in [0.1, 0.15) is 17.1 Å². The van der Waals surface area contributed by atoms with Gasteiger partial charge in [0.25, 0.3) is 17.7 Å². The number of pyridine rings is 3. The Labute approximate surface area is 818 Å². The summed E-state index contributed by atoms with van der Waals surface area (Å²) in [5.41, 5.74) is 3.42. The highest BCUT2D eigenvalue weighted by Gasteiger charge is 2.36. The van der Waals surface area contributed by atoms with Crippen molar-refractivity contribution in [3.63, 3.8) is 0 Å². The summed E-state index contributed by atoms with van der Waals surface area (Å²) in [6.07, 6.45) is -8.27. The number of anilines is 5. The number of nitrogens with zero attached hydrogens (tertiary/aromatic N) is 18. The molecule has 0 saturated heterocycles. The summed E-state index contributed by atoms with van der Waals surface area (Å²) in [6.45, 7) is 6.41. The Hall–Kier alpha value is -16.6. The fraction of sp³-hybridized carbons (Fsp3) is 0.175. The third-order valence-corrected chi connectivity index (χ3v) is 22.5. The van der Waals surface area contributed by atoms with Crippen LogP contribution in [0.3, 0.4) is 0 Å². The molecular weight excluding hydrogens is 1970 g/mol. The van der Waals surface area contributed by atoms with Crippen LogP contribution in [0.5, 0.6) is 5.75 Å². The molecule has 0 aliphatic rings. The number of fused-ring (bicyclic) bond motifs is 5. The summed E-state index contributed by atoms with van der Waals surface area (Å²) in [4.78, 5) is 80.8. The maximum absolute atomic E-state index is 12.8. The van der Waals surface area contributed by atoms with E-state index in [0.717, 1.165) is 77.2 Å². The zero-order valence-corrected chi connectivity index (χ0v) is 77.4. The molecule has 738 valence electrons. The summed E-state index contributed by atoms with van der Waals surface area (Å²) in [7, 11) is 1.49. The van der Waals surface area contributed by atoms with Crippen molar-refractivity contribution in [3.05, 3.63) is 343 Å². The van der Waals surface area contributed by atoms with Crippen molar-refractivity contribution in [2.24, 2.45) is 5.92 Å². The number of carbonyl (C=O) groups is 5. The number of ether oxygens (including phenoxy) is 1. The molecule has 0 aliphatic carbocycles. The molecule has 0 saturated carbocycles. The van der Waals surface area contributed by atoms with Gasteiger partial charge in [-0.05, 0) is 143 Å². The van der Waals surface area contributed by atoms with Gasteiger partial charge in [0, 0.05) is 76.4 Å². The quantitative estimate of drug-likeness (QED) is 0.0393. The highest BCUT2D eigenvalue weighted by Crippen LogP contribution is 2.39. The fourth-order valence-electron chi connectivity index (χ4n) is 14.1. The van der Waals surface area contributed by atoms with Crippen molar-refractivity contribution in [3.8, 4) is 11.8 Å². The molecule has 0 spiro atoms. The van der Waals surface area contributed by atoms with Gasteiger partial charge in [0.2, 0.25) is 11.8 Å². The number of rotatable bonds is 22. The summed E-state index contributed by atoms with van der Waals surface area (Å²) >= 11 is 13.8. The molecule has 5 amide bonds. The molecule has 144 heavy (non-hydrogen) atoms. The molecule has 0 bridgehead atoms. The van der Waals surface area contributed by atoms with E-state index in [4.69, 9.17) is 27.9 Å². The van der Waals surface area contributed by atoms with Crippen LogP contribution in [0.4, 0.5) is 94.9 Å². The molecule has 11 aromatic heterocycles. The molecule has 18 aromatic rings. The zero-order chi connectivity index (χ0) is 103. The average molecular weight is 2050 g/mol. The van der Waals surface area contributed by atoms with E-state index >= 15 is 0 Å². The first-order valence-electron chi connectivity index (χ1n) is 42.8. The van der Waals surface area contributed by atoms with Crippen molar-refractivity contribution < 1.29 is 94.6 Å². The monoisotopic (exact) mass is 2040 g/mol. The Morgan fingerprint density at radius 3 is 1.25 bits per heavy atom. The van der Waals surface area contributed by atoms with Gasteiger partial charge in [-0.3, -0.25) is 67.3 Å². The van der Waals surface area contributed by atoms with Crippen LogP contribution in [0.2, 0.25) is 10.0 Å². The molecule has 7 aromatic carbocycles. The van der Waals surface area contributed by atoms with E-state index in [0.29, 0.717) is 129 Å². The lowest BCUT2D eigenvalue weighted by molar-refractivity contribution is -0.141. The predicted molar refractivity (Wildman–Crippen MR) is 505 cm³/mol. The number of para-hydroxylation sites is 2. The topological polar surface area (TPSA) is 358 Å². The number of nitriles is 1. The van der Waals surface area contributed by atoms with Gasteiger partial charge in [-0.2, -0.15) is 102 Å². The number of alkyl halides is 15. The Kier molecular flexibility index (Phi) is 31.9. The SMILES string of the molecule is CC(C)C(=O)Nc1nn(Cc2ccc(C(F)(F)F)cc2)c2cncc(Cl)c12.CCCC(=O)Nc1nn(Cc2ccc(C(F)(F)F)cc2)c2cncc(Cl)c12.COc1cscc1C(=O)Nc1nn(Cc2ccc(C(F)(F)F)cc2)c2ccccc12.N#Cc1ccc2c(c1)c(NC(=O)c1cccnn1)nn2Cc1ccc(C(F)(F)F)nc1.O=C(Nc1nn(Cc2ccc(C(F)(F)F)cc2)c2ccccc12)c1cnccn1. The van der Waals surface area contributed by atoms with Gasteiger partial charge < -0.3 is 31.3 Å². The minimum Gasteiger partial charge on any atom is -0.495 e. The molecule has 47 heteroatoms. The lowest BCUT2D eigenvalue weighted by Gasteiger charge is -2.08. The van der Waals surface area contributed by atoms with Gasteiger partial charge in [-0.25, -0.2) is 4.98 Å². The second-order valence-electron chi connectivity index (χ2n) is 31.6. The summed E-state index contributed by atoms with van der Waals surface area (Å²) in [6, 6.07) is 46.2. The van der Waals surface area contributed by atoms with Crippen LogP contribution in [0.1, 0.15) is 126 Å². The van der Waals surface area contributed by atoms with Gasteiger partial charge in [-0.1, -0.05) is 123 Å². The third-order valence-electron chi connectivity index (χ3n) is 21.2. The van der Waals surface area contributed by atoms with Crippen LogP contribution in [0.15, 0.2) is 255 Å². The van der Waals surface area contributed by atoms with E-state index in [1.165, 1.54) is 121 Å². The lowest BCUT2D eigenvalue weighted by atomic mass is 10.1. The summed E-state index contributed by atoms with van der Waals surface area (Å²) in [5, 5.41) is 59.4. The maximum Gasteiger partial charge on any atom is 0.433 e. The molecule has 18 rings (SSSR count). The fourth-order valence-corrected chi connectivity index (χ4v) is 15.4. The third kappa shape index (κ3) is 25.6. The maximum atomic E-state index is 12.8. The molecule has 0 radical (unpaired) electrons. The van der Waals surface area contributed by atoms with Gasteiger partial charge >= 0.3 is 30.9 Å². The van der Waals surface area contributed by atoms with Crippen molar-refractivity contribution in [1.29, 1.82) is 5.26 Å². The number of hydrogen-bond donors (Lipinski definition) is 5. The lowest BCUT2D eigenvalue weighted by Crippen LogP contribution is -2.18. The predicted octanol–water partition coefficient (Wildman–Crippen LogP) is 22.6. The zero-order valence-electron chi connectivity index (χ0n) is 75.1. The van der Waals surface area contributed by atoms with Crippen molar-refractivity contribution >= 4 is 148 Å². The molecule has 0 aliphatic heterocycles. The van der Waals surface area contributed by atoms with Gasteiger partial charge in [0.15, 0.2) is 34.8 Å². The first kappa shape index (κ1) is 103. The molecule has 11 heterocycles. The Balaban J connectivity index is 0.000000143. The van der Waals surface area contributed by atoms with Crippen LogP contribution in [0.25, 0.3) is 54.5 Å². The van der Waals surface area contributed by atoms with Gasteiger partial charge in [0.05, 0.1) is 146 Å². The van der Waals surface area contributed by atoms with E-state index < -0.39 is 70.6 Å². The smallest absolute Gasteiger partial charge is 0.433 e. The first-order chi connectivity index (χ1) is 68.6. The molecular formula is C97H74Cl2F15N23O6S. The van der Waals surface area contributed by atoms with Crippen LogP contribution in [-0.4, -0.2) is 121 Å². The minimum absolute atomic E-state index is 0.0774. The van der Waals surface area contributed by atoms with E-state index in [1.807, 2.05) is 55.5 Å². The Morgan fingerprint density at radius 1 is 0.417 bits per heavy atom. The number of thiophene rings is 1. The number of hydrogen-bond acceptors (Lipinski definition) is 20. The standard InChI is InChI=1S/C21H16F3N3O2S.C20H12F3N7O.C20H14F3N5O.2C18H16ClF3N4O/c1-29-18-12-30-11-16(18)20(28)25-19-15-4-2-3-5-17(15)27(26-19)10-13-6-8-14(9-7-13)21(22,23)24;21-20(22,23)17-6-4-13(10-25-17)11-30-16-5-3-12(9-24)8-14(16)18(29-30)27-19(31)15-2-1-7-26-28-15;21-20(22,23)14-7-5-13(6-8-14)12-28-17-4-2-1-3-15(17)18(27-28)26-19(29)16-11-24-9-10-25-16;1-10(2)17(27)24-16-15-13(19)7-23-8-14(15)26(25-16)9-11-3-5-12(6-4-11)18(20,21)22;1-2-3-15(27)24-17-16-13(19)8-23-9-14(16)26(25-17)10-11-4-6-12(7-5-11)18(20,21)22/h2-9,11-12H,10H2,1H3,(H,25,26,28);1-8,10H,11H2,(H,27,29,31);1-11H,12H2,(H,26,27,29);3-8,10H,9H2,1-2H3,(H,24,25,27);4-9H,2-3,10H2,1H3,(H,24,25,27). The Morgan fingerprint density at radius 2 is 0.840 bits per heavy atom. The number of nitrogens with one attached hydrogen (secondary N) is 5. The van der Waals surface area contributed by atoms with Crippen LogP contribution >= 0.6 is 34.5 Å². The highest BCUT2D eigenvalue weighted by atomic mass is 35.5. The Bertz CT molecular complexity index is 7690. The minimum atomic E-state index is -4.53. The van der Waals surface area contributed by atoms with E-state index in [-0.39, 0.29) is 73.6 Å². The van der Waals surface area contributed by atoms with Crippen molar-refractivity contribution in [2.75, 3.05) is 33.7 Å². The summed E-state index contributed by atoms with van der Waals surface area (Å²) in [5.74, 6) is -0.0336. The normalized spacial score (nSPS) is 11.6. The van der Waals surface area contributed by atoms with Crippen molar-refractivity contribution in [1.82, 2.24) is 84.0 Å². The number of methoxy groups -OCH3 is 1. The van der Waals surface area contributed by atoms with Gasteiger partial charge in [-0.15, -0.1) is 16.4 Å². The number of halogens is 17. The van der Waals surface area contributed by atoms with Crippen molar-refractivity contribution in [2.45, 2.75) is 97.2 Å². The second kappa shape index (κ2) is 44.5. The number of aromatic nitrogens is 17. The summed E-state index contributed by atoms with van der Waals surface area (Å²) < 4.78 is 204. The molecule has 0 atom stereocenters. The molecule has 29 nitrogen and oxygen atoms in total. The highest BCUT2D eigenvalue weighted by molar-refractivity contribution is 7.08. The first-order valence-corrected chi connectivity index (χ1v) is 44.5. The average Bonchev–Trinajstić information content (AvgIpc) is 1.62. The van der Waals surface area contributed by atoms with Crippen LogP contribution in [-0.2, 0) is 73.2 Å². The molecule has 0 fully saturated rings. The molecule has 0 unspecified atom stereocenters. The number of amides is 5. The number of benzene rings is 7. The molecule has 5 N–H and O–H groups in total. The van der Waals surface area contributed by atoms with Crippen LogP contribution < -0.4 is 31.3 Å². The second-order valence-corrected chi connectivity index (χ2v) is 33.2. The van der Waals surface area contributed by atoms with E-state index in [9.17, 15) is 95.1 Å². The largest absolute Gasteiger partial charge is 0.495 e. The van der Waals surface area contributed by atoms with E-state index in [2.05, 4.69) is 87.2 Å². The van der Waals surface area contributed by atoms with E-state index in [1.54, 1.807) is 86.1 Å².